The van der Waals surface area contributed by atoms with Crippen LogP contribution >= 0.6 is 23.4 Å². The number of nitrogens with two attached hydrogens (primary N) is 1. The molecule has 0 saturated heterocycles. The molecule has 0 spiro atoms. The number of nitrogens with one attached hydrogen (secondary N) is 1. The average molecular weight is 323 g/mol. The summed E-state index contributed by atoms with van der Waals surface area (Å²) >= 11 is 7.29. The normalized spacial score (nSPS) is 10.4. The lowest BCUT2D eigenvalue weighted by molar-refractivity contribution is -0.113. The second-order valence-electron chi connectivity index (χ2n) is 4.51. The van der Waals surface area contributed by atoms with Crippen LogP contribution in [0.1, 0.15) is 11.4 Å². The lowest BCUT2D eigenvalue weighted by atomic mass is 10.3. The van der Waals surface area contributed by atoms with Gasteiger partial charge in [-0.1, -0.05) is 23.4 Å². The van der Waals surface area contributed by atoms with E-state index in [1.807, 2.05) is 19.9 Å². The fraction of sp³-hybridized carbons (Fsp3) is 0.214. The van der Waals surface area contributed by atoms with Gasteiger partial charge in [0.2, 0.25) is 5.91 Å². The molecule has 3 N–H and O–H groups in total. The van der Waals surface area contributed by atoms with Crippen LogP contribution in [0.25, 0.3) is 0 Å². The Bertz CT molecular complexity index is 658. The predicted molar refractivity (Wildman–Crippen MR) is 86.7 cm³/mol. The maximum absolute atomic E-state index is 11.9. The number of halogens is 1. The molecule has 0 bridgehead atoms. The summed E-state index contributed by atoms with van der Waals surface area (Å²) in [5, 5.41) is 3.74. The fourth-order valence-corrected chi connectivity index (χ4v) is 2.69. The summed E-state index contributed by atoms with van der Waals surface area (Å²) in [5.41, 5.74) is 8.46. The van der Waals surface area contributed by atoms with E-state index in [0.29, 0.717) is 21.6 Å². The quantitative estimate of drug-likeness (QED) is 0.513. The number of carbonyl (C=O) groups is 1. The lowest BCUT2D eigenvalue weighted by Crippen LogP contribution is -2.14. The number of hydrogen-bond acceptors (Lipinski definition) is 5. The van der Waals surface area contributed by atoms with E-state index in [1.165, 1.54) is 11.8 Å². The molecule has 7 heteroatoms. The molecule has 1 heterocycles. The number of benzene rings is 1. The molecule has 2 aromatic rings. The molecule has 0 fully saturated rings. The van der Waals surface area contributed by atoms with Gasteiger partial charge in [0.1, 0.15) is 0 Å². The van der Waals surface area contributed by atoms with Crippen LogP contribution in [0.5, 0.6) is 0 Å². The van der Waals surface area contributed by atoms with E-state index in [-0.39, 0.29) is 11.7 Å². The number of carbonyl (C=O) groups excluding carboxylic acids is 1. The Morgan fingerprint density at radius 3 is 2.57 bits per heavy atom. The molecule has 2 rings (SSSR count). The van der Waals surface area contributed by atoms with Crippen molar-refractivity contribution in [2.45, 2.75) is 19.0 Å². The van der Waals surface area contributed by atoms with Crippen LogP contribution in [-0.2, 0) is 4.79 Å². The van der Waals surface area contributed by atoms with Crippen LogP contribution in [0.3, 0.4) is 0 Å². The van der Waals surface area contributed by atoms with Gasteiger partial charge in [-0.15, -0.1) is 0 Å². The molecular weight excluding hydrogens is 308 g/mol. The number of anilines is 2. The van der Waals surface area contributed by atoms with E-state index in [0.717, 1.165) is 11.4 Å². The van der Waals surface area contributed by atoms with Gasteiger partial charge in [0, 0.05) is 17.1 Å². The van der Waals surface area contributed by atoms with Crippen molar-refractivity contribution < 1.29 is 4.79 Å². The van der Waals surface area contributed by atoms with E-state index in [4.69, 9.17) is 17.3 Å². The molecular formula is C14H15ClN4OS. The van der Waals surface area contributed by atoms with Crippen molar-refractivity contribution >= 4 is 40.6 Å². The van der Waals surface area contributed by atoms with Crippen molar-refractivity contribution in [1.82, 2.24) is 9.97 Å². The molecule has 1 aromatic heterocycles. The molecule has 1 amide bonds. The van der Waals surface area contributed by atoms with Crippen LogP contribution in [-0.4, -0.2) is 21.6 Å². The number of thioether (sulfide) groups is 1. The minimum absolute atomic E-state index is 0.172. The predicted octanol–water partition coefficient (Wildman–Crippen LogP) is 3.06. The van der Waals surface area contributed by atoms with Gasteiger partial charge in [0.05, 0.1) is 16.5 Å². The molecule has 0 atom stereocenters. The van der Waals surface area contributed by atoms with Crippen molar-refractivity contribution in [3.63, 3.8) is 0 Å². The highest BCUT2D eigenvalue weighted by molar-refractivity contribution is 7.99. The Labute approximate surface area is 132 Å². The molecule has 1 aromatic carbocycles. The van der Waals surface area contributed by atoms with Gasteiger partial charge in [-0.3, -0.25) is 4.79 Å². The third-order valence-corrected chi connectivity index (χ3v) is 3.72. The van der Waals surface area contributed by atoms with E-state index < -0.39 is 0 Å². The number of aryl methyl sites for hydroxylation is 2. The number of nitrogens with zero attached hydrogens (tertiary/aromatic N) is 2. The van der Waals surface area contributed by atoms with Gasteiger partial charge in [-0.05, 0) is 38.1 Å². The SMILES string of the molecule is Cc1cc(C)nc(SCC(=O)Nc2ccc(N)cc2Cl)n1. The molecule has 0 aliphatic heterocycles. The summed E-state index contributed by atoms with van der Waals surface area (Å²) < 4.78 is 0. The van der Waals surface area contributed by atoms with Gasteiger partial charge in [0.15, 0.2) is 5.16 Å². The molecule has 110 valence electrons. The van der Waals surface area contributed by atoms with E-state index in [1.54, 1.807) is 18.2 Å². The monoisotopic (exact) mass is 322 g/mol. The van der Waals surface area contributed by atoms with Crippen molar-refractivity contribution in [1.29, 1.82) is 0 Å². The first-order valence-electron chi connectivity index (χ1n) is 6.24. The zero-order valence-corrected chi connectivity index (χ0v) is 13.3. The van der Waals surface area contributed by atoms with Gasteiger partial charge < -0.3 is 11.1 Å². The van der Waals surface area contributed by atoms with Gasteiger partial charge in [-0.25, -0.2) is 9.97 Å². The first-order chi connectivity index (χ1) is 9.94. The molecule has 5 nitrogen and oxygen atoms in total. The molecule has 0 aliphatic rings. The number of aromatic nitrogens is 2. The van der Waals surface area contributed by atoms with Gasteiger partial charge in [0.25, 0.3) is 0 Å². The summed E-state index contributed by atoms with van der Waals surface area (Å²) in [6.07, 6.45) is 0. The molecule has 0 unspecified atom stereocenters. The molecule has 0 radical (unpaired) electrons. The van der Waals surface area contributed by atoms with Crippen LogP contribution in [0.15, 0.2) is 29.4 Å². The second kappa shape index (κ2) is 6.78. The highest BCUT2D eigenvalue weighted by Gasteiger charge is 2.08. The second-order valence-corrected chi connectivity index (χ2v) is 5.86. The topological polar surface area (TPSA) is 80.9 Å². The van der Waals surface area contributed by atoms with Crippen molar-refractivity contribution in [3.05, 3.63) is 40.7 Å². The van der Waals surface area contributed by atoms with Gasteiger partial charge in [-0.2, -0.15) is 0 Å². The highest BCUT2D eigenvalue weighted by Crippen LogP contribution is 2.24. The van der Waals surface area contributed by atoms with E-state index in [2.05, 4.69) is 15.3 Å². The lowest BCUT2D eigenvalue weighted by Gasteiger charge is -2.07. The molecule has 0 aliphatic carbocycles. The maximum atomic E-state index is 11.9. The van der Waals surface area contributed by atoms with Crippen molar-refractivity contribution in [2.24, 2.45) is 0 Å². The number of hydrogen-bond donors (Lipinski definition) is 2. The molecule has 21 heavy (non-hydrogen) atoms. The first-order valence-corrected chi connectivity index (χ1v) is 7.60. The Balaban J connectivity index is 1.95. The number of nitrogen functional groups attached to an aromatic ring is 1. The standard InChI is InChI=1S/C14H15ClN4OS/c1-8-5-9(2)18-14(17-8)21-7-13(20)19-12-4-3-10(16)6-11(12)15/h3-6H,7,16H2,1-2H3,(H,19,20). The van der Waals surface area contributed by atoms with Crippen LogP contribution in [0, 0.1) is 13.8 Å². The minimum Gasteiger partial charge on any atom is -0.399 e. The Morgan fingerprint density at radius 1 is 1.29 bits per heavy atom. The zero-order valence-electron chi connectivity index (χ0n) is 11.7. The average Bonchev–Trinajstić information content (AvgIpc) is 2.39. The number of amides is 1. The first kappa shape index (κ1) is 15.6. The van der Waals surface area contributed by atoms with Crippen molar-refractivity contribution in [2.75, 3.05) is 16.8 Å². The van der Waals surface area contributed by atoms with Crippen molar-refractivity contribution in [3.8, 4) is 0 Å². The summed E-state index contributed by atoms with van der Waals surface area (Å²) in [7, 11) is 0. The van der Waals surface area contributed by atoms with Crippen LogP contribution in [0.4, 0.5) is 11.4 Å². The fourth-order valence-electron chi connectivity index (χ4n) is 1.71. The van der Waals surface area contributed by atoms with E-state index in [9.17, 15) is 4.79 Å². The van der Waals surface area contributed by atoms with E-state index >= 15 is 0 Å². The summed E-state index contributed by atoms with van der Waals surface area (Å²) in [6.45, 7) is 3.79. The largest absolute Gasteiger partial charge is 0.399 e. The van der Waals surface area contributed by atoms with Crippen LogP contribution in [0.2, 0.25) is 5.02 Å². The summed E-state index contributed by atoms with van der Waals surface area (Å²) in [6, 6.07) is 6.84. The third-order valence-electron chi connectivity index (χ3n) is 2.56. The summed E-state index contributed by atoms with van der Waals surface area (Å²) in [4.78, 5) is 20.5. The maximum Gasteiger partial charge on any atom is 0.234 e. The number of rotatable bonds is 4. The Hall–Kier alpha value is -1.79. The smallest absolute Gasteiger partial charge is 0.234 e. The Kier molecular flexibility index (Phi) is 5.03. The molecule has 0 saturated carbocycles. The highest BCUT2D eigenvalue weighted by atomic mass is 35.5. The Morgan fingerprint density at radius 2 is 1.95 bits per heavy atom. The van der Waals surface area contributed by atoms with Gasteiger partial charge >= 0.3 is 0 Å². The zero-order chi connectivity index (χ0) is 15.4. The minimum atomic E-state index is -0.172. The summed E-state index contributed by atoms with van der Waals surface area (Å²) in [5.74, 6) is 0.0401. The third kappa shape index (κ3) is 4.61. The van der Waals surface area contributed by atoms with Crippen LogP contribution < -0.4 is 11.1 Å².